The molecule has 3 N–H and O–H groups in total. The Morgan fingerprint density at radius 3 is 2.61 bits per heavy atom. The molecule has 8 heteroatoms. The SMILES string of the molecule is CCNC(=NCc1ccc(O)c(OCC)c1)NCCC(F)(F)F. The van der Waals surface area contributed by atoms with Gasteiger partial charge in [-0.3, -0.25) is 0 Å². The minimum atomic E-state index is -4.20. The molecule has 1 rings (SSSR count). The first-order valence-corrected chi connectivity index (χ1v) is 7.39. The number of halogens is 3. The van der Waals surface area contributed by atoms with Gasteiger partial charge in [0.25, 0.3) is 0 Å². The van der Waals surface area contributed by atoms with Crippen molar-refractivity contribution in [2.45, 2.75) is 33.0 Å². The summed E-state index contributed by atoms with van der Waals surface area (Å²) in [6.07, 6.45) is -5.13. The minimum absolute atomic E-state index is 0.0368. The Kier molecular flexibility index (Phi) is 7.50. The lowest BCUT2D eigenvalue weighted by molar-refractivity contribution is -0.132. The van der Waals surface area contributed by atoms with Crippen LogP contribution in [0.4, 0.5) is 13.2 Å². The molecule has 5 nitrogen and oxygen atoms in total. The molecule has 0 fully saturated rings. The van der Waals surface area contributed by atoms with E-state index in [0.29, 0.717) is 24.9 Å². The van der Waals surface area contributed by atoms with E-state index in [2.05, 4.69) is 15.6 Å². The van der Waals surface area contributed by atoms with Crippen molar-refractivity contribution < 1.29 is 23.0 Å². The van der Waals surface area contributed by atoms with E-state index in [1.54, 1.807) is 19.1 Å². The maximum absolute atomic E-state index is 12.2. The summed E-state index contributed by atoms with van der Waals surface area (Å²) in [5.41, 5.74) is 0.777. The van der Waals surface area contributed by atoms with Crippen LogP contribution in [-0.2, 0) is 6.54 Å². The van der Waals surface area contributed by atoms with E-state index < -0.39 is 12.6 Å². The summed E-state index contributed by atoms with van der Waals surface area (Å²) < 4.78 is 41.8. The van der Waals surface area contributed by atoms with Gasteiger partial charge in [0, 0.05) is 13.1 Å². The third-order valence-electron chi connectivity index (χ3n) is 2.79. The van der Waals surface area contributed by atoms with E-state index in [9.17, 15) is 18.3 Å². The van der Waals surface area contributed by atoms with E-state index in [1.807, 2.05) is 6.92 Å². The monoisotopic (exact) mass is 333 g/mol. The molecule has 23 heavy (non-hydrogen) atoms. The average Bonchev–Trinajstić information content (AvgIpc) is 2.46. The molecule has 0 aromatic heterocycles. The molecule has 0 unspecified atom stereocenters. The highest BCUT2D eigenvalue weighted by Crippen LogP contribution is 2.27. The molecule has 0 radical (unpaired) electrons. The molecule has 130 valence electrons. The van der Waals surface area contributed by atoms with Crippen molar-refractivity contribution in [1.29, 1.82) is 0 Å². The van der Waals surface area contributed by atoms with Crippen LogP contribution in [-0.4, -0.2) is 36.9 Å². The van der Waals surface area contributed by atoms with E-state index in [0.717, 1.165) is 5.56 Å². The molecule has 1 aromatic rings. The van der Waals surface area contributed by atoms with Crippen LogP contribution in [0.2, 0.25) is 0 Å². The quantitative estimate of drug-likeness (QED) is 0.530. The number of nitrogens with one attached hydrogen (secondary N) is 2. The number of nitrogens with zero attached hydrogens (tertiary/aromatic N) is 1. The molecule has 0 heterocycles. The lowest BCUT2D eigenvalue weighted by Crippen LogP contribution is -2.38. The highest BCUT2D eigenvalue weighted by atomic mass is 19.4. The molecule has 0 amide bonds. The summed E-state index contributed by atoms with van der Waals surface area (Å²) in [6, 6.07) is 4.84. The number of alkyl halides is 3. The molecule has 0 aliphatic rings. The summed E-state index contributed by atoms with van der Waals surface area (Å²) in [5.74, 6) is 0.702. The third-order valence-corrected chi connectivity index (χ3v) is 2.79. The second-order valence-corrected chi connectivity index (χ2v) is 4.72. The second-order valence-electron chi connectivity index (χ2n) is 4.72. The fourth-order valence-corrected chi connectivity index (χ4v) is 1.76. The van der Waals surface area contributed by atoms with E-state index in [4.69, 9.17) is 4.74 Å². The topological polar surface area (TPSA) is 65.9 Å². The van der Waals surface area contributed by atoms with Crippen molar-refractivity contribution in [3.05, 3.63) is 23.8 Å². The lowest BCUT2D eigenvalue weighted by Gasteiger charge is -2.13. The number of hydrogen-bond acceptors (Lipinski definition) is 3. The van der Waals surface area contributed by atoms with Crippen LogP contribution < -0.4 is 15.4 Å². The van der Waals surface area contributed by atoms with Gasteiger partial charge in [-0.1, -0.05) is 6.07 Å². The first kappa shape index (κ1) is 18.9. The van der Waals surface area contributed by atoms with Gasteiger partial charge in [0.1, 0.15) is 0 Å². The van der Waals surface area contributed by atoms with Gasteiger partial charge >= 0.3 is 6.18 Å². The smallest absolute Gasteiger partial charge is 0.390 e. The fourth-order valence-electron chi connectivity index (χ4n) is 1.76. The Labute approximate surface area is 133 Å². The number of rotatable bonds is 7. The Morgan fingerprint density at radius 2 is 2.00 bits per heavy atom. The number of aliphatic imine (C=N–C) groups is 1. The highest BCUT2D eigenvalue weighted by molar-refractivity contribution is 5.79. The molecule has 0 saturated heterocycles. The van der Waals surface area contributed by atoms with Crippen LogP contribution in [0.15, 0.2) is 23.2 Å². The Morgan fingerprint density at radius 1 is 1.26 bits per heavy atom. The largest absolute Gasteiger partial charge is 0.504 e. The zero-order chi connectivity index (χ0) is 17.3. The molecule has 0 aliphatic heterocycles. The van der Waals surface area contributed by atoms with Gasteiger partial charge in [0.2, 0.25) is 0 Å². The molecule has 0 saturated carbocycles. The third kappa shape index (κ3) is 7.62. The highest BCUT2D eigenvalue weighted by Gasteiger charge is 2.26. The number of hydrogen-bond donors (Lipinski definition) is 3. The standard InChI is InChI=1S/C15H22F3N3O2/c1-3-19-14(20-8-7-15(16,17)18)21-10-11-5-6-12(22)13(9-11)23-4-2/h5-6,9,22H,3-4,7-8,10H2,1-2H3,(H2,19,20,21). The van der Waals surface area contributed by atoms with Crippen molar-refractivity contribution in [2.75, 3.05) is 19.7 Å². The average molecular weight is 333 g/mol. The zero-order valence-corrected chi connectivity index (χ0v) is 13.2. The van der Waals surface area contributed by atoms with Crippen molar-refractivity contribution in [1.82, 2.24) is 10.6 Å². The maximum Gasteiger partial charge on any atom is 0.390 e. The van der Waals surface area contributed by atoms with Crippen molar-refractivity contribution >= 4 is 5.96 Å². The van der Waals surface area contributed by atoms with Gasteiger partial charge in [-0.05, 0) is 31.5 Å². The zero-order valence-electron chi connectivity index (χ0n) is 13.2. The van der Waals surface area contributed by atoms with Crippen LogP contribution in [0.1, 0.15) is 25.8 Å². The van der Waals surface area contributed by atoms with Crippen LogP contribution in [0.5, 0.6) is 11.5 Å². The van der Waals surface area contributed by atoms with Gasteiger partial charge in [-0.15, -0.1) is 0 Å². The van der Waals surface area contributed by atoms with Crippen molar-refractivity contribution in [3.63, 3.8) is 0 Å². The molecule has 1 aromatic carbocycles. The summed E-state index contributed by atoms with van der Waals surface area (Å²) in [6.45, 7) is 4.60. The maximum atomic E-state index is 12.2. The Balaban J connectivity index is 2.67. The van der Waals surface area contributed by atoms with E-state index >= 15 is 0 Å². The van der Waals surface area contributed by atoms with Gasteiger partial charge in [0.15, 0.2) is 17.5 Å². The Bertz CT molecular complexity index is 519. The van der Waals surface area contributed by atoms with Crippen LogP contribution in [0.3, 0.4) is 0 Å². The Hall–Kier alpha value is -2.12. The van der Waals surface area contributed by atoms with Gasteiger partial charge in [-0.2, -0.15) is 13.2 Å². The predicted molar refractivity (Wildman–Crippen MR) is 82.8 cm³/mol. The van der Waals surface area contributed by atoms with Gasteiger partial charge in [0.05, 0.1) is 19.6 Å². The second kappa shape index (κ2) is 9.12. The van der Waals surface area contributed by atoms with Crippen LogP contribution in [0, 0.1) is 0 Å². The number of ether oxygens (including phenoxy) is 1. The molecule has 0 atom stereocenters. The molecule has 0 spiro atoms. The summed E-state index contributed by atoms with van der Waals surface area (Å²) >= 11 is 0. The lowest BCUT2D eigenvalue weighted by atomic mass is 10.2. The minimum Gasteiger partial charge on any atom is -0.504 e. The number of phenolic OH excluding ortho intramolecular Hbond substituents is 1. The van der Waals surface area contributed by atoms with Crippen molar-refractivity contribution in [2.24, 2.45) is 4.99 Å². The molecule has 0 bridgehead atoms. The fraction of sp³-hybridized carbons (Fsp3) is 0.533. The van der Waals surface area contributed by atoms with Crippen molar-refractivity contribution in [3.8, 4) is 11.5 Å². The summed E-state index contributed by atoms with van der Waals surface area (Å²) in [5, 5.41) is 15.1. The van der Waals surface area contributed by atoms with Crippen LogP contribution in [0.25, 0.3) is 0 Å². The molecular weight excluding hydrogens is 311 g/mol. The molecular formula is C15H22F3N3O2. The van der Waals surface area contributed by atoms with Crippen LogP contribution >= 0.6 is 0 Å². The predicted octanol–water partition coefficient (Wildman–Crippen LogP) is 2.80. The molecule has 0 aliphatic carbocycles. The summed E-state index contributed by atoms with van der Waals surface area (Å²) in [4.78, 5) is 4.22. The first-order chi connectivity index (χ1) is 10.9. The van der Waals surface area contributed by atoms with E-state index in [1.165, 1.54) is 6.07 Å². The number of aromatic hydroxyl groups is 1. The number of benzene rings is 1. The number of guanidine groups is 1. The first-order valence-electron chi connectivity index (χ1n) is 7.39. The normalized spacial score (nSPS) is 12.1. The number of phenols is 1. The van der Waals surface area contributed by atoms with Gasteiger partial charge in [-0.25, -0.2) is 4.99 Å². The van der Waals surface area contributed by atoms with E-state index in [-0.39, 0.29) is 18.8 Å². The summed E-state index contributed by atoms with van der Waals surface area (Å²) in [7, 11) is 0. The van der Waals surface area contributed by atoms with Gasteiger partial charge < -0.3 is 20.5 Å².